The largest absolute Gasteiger partial charge is 0.355 e. The zero-order chi connectivity index (χ0) is 9.71. The van der Waals surface area contributed by atoms with E-state index in [2.05, 4.69) is 12.2 Å². The predicted octanol–water partition coefficient (Wildman–Crippen LogP) is 1.40. The summed E-state index contributed by atoms with van der Waals surface area (Å²) in [5, 5.41) is 0. The second-order valence-corrected chi connectivity index (χ2v) is 4.45. The molecule has 1 saturated carbocycles. The molecule has 0 N–H and O–H groups in total. The second-order valence-electron chi connectivity index (χ2n) is 4.45. The van der Waals surface area contributed by atoms with Gasteiger partial charge in [0.05, 0.1) is 0 Å². The Balaban J connectivity index is 1.89. The molecule has 0 unspecified atom stereocenters. The molecule has 3 nitrogen and oxygen atoms in total. The van der Waals surface area contributed by atoms with Gasteiger partial charge >= 0.3 is 0 Å². The first-order valence-corrected chi connectivity index (χ1v) is 5.24. The number of methoxy groups -OCH3 is 2. The number of hydrogen-bond acceptors (Lipinski definition) is 3. The lowest BCUT2D eigenvalue weighted by molar-refractivity contribution is -0.202. The van der Waals surface area contributed by atoms with Crippen LogP contribution in [0.4, 0.5) is 0 Å². The van der Waals surface area contributed by atoms with Crippen LogP contribution >= 0.6 is 0 Å². The van der Waals surface area contributed by atoms with Crippen molar-refractivity contribution >= 4 is 0 Å². The summed E-state index contributed by atoms with van der Waals surface area (Å²) in [4.78, 5) is 0. The molecule has 1 aliphatic heterocycles. The van der Waals surface area contributed by atoms with Gasteiger partial charge in [-0.2, -0.15) is 0 Å². The minimum Gasteiger partial charge on any atom is -0.355 e. The summed E-state index contributed by atoms with van der Waals surface area (Å²) in [6.45, 7) is 0. The maximum atomic E-state index is 5.72. The molecule has 1 saturated heterocycles. The van der Waals surface area contributed by atoms with Gasteiger partial charge in [-0.05, 0) is 18.3 Å². The van der Waals surface area contributed by atoms with Gasteiger partial charge in [-0.25, -0.2) is 0 Å². The summed E-state index contributed by atoms with van der Waals surface area (Å²) < 4.78 is 16.5. The van der Waals surface area contributed by atoms with Crippen molar-refractivity contribution in [3.05, 3.63) is 12.2 Å². The normalized spacial score (nSPS) is 54.1. The highest BCUT2D eigenvalue weighted by molar-refractivity contribution is 5.16. The molecule has 2 bridgehead atoms. The Hall–Kier alpha value is -0.380. The van der Waals surface area contributed by atoms with Crippen LogP contribution in [0.2, 0.25) is 0 Å². The van der Waals surface area contributed by atoms with E-state index in [0.29, 0.717) is 23.7 Å². The zero-order valence-corrected chi connectivity index (χ0v) is 8.55. The van der Waals surface area contributed by atoms with Crippen molar-refractivity contribution < 1.29 is 14.2 Å². The van der Waals surface area contributed by atoms with E-state index < -0.39 is 0 Å². The molecule has 0 amide bonds. The van der Waals surface area contributed by atoms with E-state index in [0.717, 1.165) is 0 Å². The van der Waals surface area contributed by atoms with Crippen LogP contribution in [0.15, 0.2) is 12.2 Å². The van der Waals surface area contributed by atoms with Gasteiger partial charge in [-0.1, -0.05) is 12.2 Å². The predicted molar refractivity (Wildman–Crippen MR) is 50.4 cm³/mol. The van der Waals surface area contributed by atoms with Crippen molar-refractivity contribution in [3.8, 4) is 0 Å². The Morgan fingerprint density at radius 2 is 1.50 bits per heavy atom. The topological polar surface area (TPSA) is 27.7 Å². The lowest BCUT2D eigenvalue weighted by Gasteiger charge is -2.23. The summed E-state index contributed by atoms with van der Waals surface area (Å²) >= 11 is 0. The van der Waals surface area contributed by atoms with E-state index in [1.165, 1.54) is 6.42 Å². The van der Waals surface area contributed by atoms with E-state index in [9.17, 15) is 0 Å². The first-order chi connectivity index (χ1) is 6.85. The zero-order valence-electron chi connectivity index (χ0n) is 8.55. The number of fused-ring (bicyclic) bond motifs is 5. The standard InChI is InChI=1S/C11H16O3/c1-12-10-8-6-3-4-7(5-6)9(8)11(13-2)14-10/h3-4,6-11H,5H2,1-2H3/t6-,7-,8-,9+,10+,11-/m0/s1. The van der Waals surface area contributed by atoms with E-state index in [1.807, 2.05) is 0 Å². The van der Waals surface area contributed by atoms with Crippen molar-refractivity contribution in [1.29, 1.82) is 0 Å². The Morgan fingerprint density at radius 3 is 1.93 bits per heavy atom. The summed E-state index contributed by atoms with van der Waals surface area (Å²) in [6.07, 6.45) is 5.77. The third-order valence-electron chi connectivity index (χ3n) is 3.94. The molecule has 0 radical (unpaired) electrons. The SMILES string of the molecule is CO[C@@H]1O[C@H](OC)[C@H]2[C@@H]1[C@H]1C=C[C@H]2C1. The molecule has 2 fully saturated rings. The van der Waals surface area contributed by atoms with Gasteiger partial charge in [0.1, 0.15) is 0 Å². The van der Waals surface area contributed by atoms with Gasteiger partial charge in [0.25, 0.3) is 0 Å². The summed E-state index contributed by atoms with van der Waals surface area (Å²) in [5.74, 6) is 2.32. The van der Waals surface area contributed by atoms with E-state index >= 15 is 0 Å². The van der Waals surface area contributed by atoms with Crippen LogP contribution in [0.5, 0.6) is 0 Å². The molecule has 0 aromatic carbocycles. The van der Waals surface area contributed by atoms with Crippen molar-refractivity contribution in [3.63, 3.8) is 0 Å². The second kappa shape index (κ2) is 3.05. The molecule has 0 spiro atoms. The minimum absolute atomic E-state index is 0.0649. The van der Waals surface area contributed by atoms with E-state index in [4.69, 9.17) is 14.2 Å². The van der Waals surface area contributed by atoms with Crippen LogP contribution in [-0.4, -0.2) is 26.8 Å². The van der Waals surface area contributed by atoms with Gasteiger partial charge in [-0.15, -0.1) is 0 Å². The molecular formula is C11H16O3. The number of rotatable bonds is 2. The molecule has 6 atom stereocenters. The monoisotopic (exact) mass is 196 g/mol. The average Bonchev–Trinajstić information content (AvgIpc) is 2.88. The molecule has 2 aliphatic carbocycles. The van der Waals surface area contributed by atoms with Crippen LogP contribution in [0.25, 0.3) is 0 Å². The summed E-state index contributed by atoms with van der Waals surface area (Å²) in [5.41, 5.74) is 0. The molecule has 3 aliphatic rings. The first-order valence-electron chi connectivity index (χ1n) is 5.24. The highest BCUT2D eigenvalue weighted by Gasteiger charge is 2.57. The van der Waals surface area contributed by atoms with Gasteiger partial charge in [0.2, 0.25) is 0 Å². The smallest absolute Gasteiger partial charge is 0.164 e. The fraction of sp³-hybridized carbons (Fsp3) is 0.818. The minimum atomic E-state index is -0.0649. The molecule has 1 heterocycles. The quantitative estimate of drug-likeness (QED) is 0.625. The molecular weight excluding hydrogens is 180 g/mol. The van der Waals surface area contributed by atoms with Crippen LogP contribution in [-0.2, 0) is 14.2 Å². The highest BCUT2D eigenvalue weighted by Crippen LogP contribution is 2.55. The summed E-state index contributed by atoms with van der Waals surface area (Å²) in [7, 11) is 3.44. The Labute approximate surface area is 84.0 Å². The van der Waals surface area contributed by atoms with Crippen LogP contribution in [0.3, 0.4) is 0 Å². The maximum Gasteiger partial charge on any atom is 0.164 e. The van der Waals surface area contributed by atoms with E-state index in [-0.39, 0.29) is 12.6 Å². The lowest BCUT2D eigenvalue weighted by atomic mass is 9.84. The first kappa shape index (κ1) is 8.89. The van der Waals surface area contributed by atoms with Crippen molar-refractivity contribution in [2.45, 2.75) is 19.0 Å². The van der Waals surface area contributed by atoms with Gasteiger partial charge in [-0.3, -0.25) is 0 Å². The molecule has 14 heavy (non-hydrogen) atoms. The molecule has 3 rings (SSSR count). The fourth-order valence-electron chi connectivity index (χ4n) is 3.40. The van der Waals surface area contributed by atoms with Crippen LogP contribution < -0.4 is 0 Å². The lowest BCUT2D eigenvalue weighted by Crippen LogP contribution is -2.27. The Kier molecular flexibility index (Phi) is 1.94. The molecule has 78 valence electrons. The van der Waals surface area contributed by atoms with Crippen LogP contribution in [0.1, 0.15) is 6.42 Å². The van der Waals surface area contributed by atoms with Gasteiger partial charge in [0.15, 0.2) is 12.6 Å². The van der Waals surface area contributed by atoms with Crippen molar-refractivity contribution in [2.75, 3.05) is 14.2 Å². The van der Waals surface area contributed by atoms with Crippen molar-refractivity contribution in [1.82, 2.24) is 0 Å². The molecule has 3 heteroatoms. The highest BCUT2D eigenvalue weighted by atomic mass is 16.8. The Morgan fingerprint density at radius 1 is 1.00 bits per heavy atom. The van der Waals surface area contributed by atoms with Crippen LogP contribution in [0, 0.1) is 23.7 Å². The third kappa shape index (κ3) is 0.977. The molecule has 0 aromatic rings. The number of allylic oxidation sites excluding steroid dienone is 2. The van der Waals surface area contributed by atoms with E-state index in [1.54, 1.807) is 14.2 Å². The number of ether oxygens (including phenoxy) is 3. The maximum absolute atomic E-state index is 5.72. The molecule has 0 aromatic heterocycles. The third-order valence-corrected chi connectivity index (χ3v) is 3.94. The van der Waals surface area contributed by atoms with Gasteiger partial charge in [0, 0.05) is 26.1 Å². The van der Waals surface area contributed by atoms with Gasteiger partial charge < -0.3 is 14.2 Å². The average molecular weight is 196 g/mol. The van der Waals surface area contributed by atoms with Crippen molar-refractivity contribution in [2.24, 2.45) is 23.7 Å². The number of hydrogen-bond donors (Lipinski definition) is 0. The Bertz CT molecular complexity index is 239. The summed E-state index contributed by atoms with van der Waals surface area (Å²) in [6, 6.07) is 0. The fourth-order valence-corrected chi connectivity index (χ4v) is 3.40.